The molecule has 0 bridgehead atoms. The highest BCUT2D eigenvalue weighted by molar-refractivity contribution is 5.83. The van der Waals surface area contributed by atoms with Crippen molar-refractivity contribution in [2.75, 3.05) is 13.1 Å². The van der Waals surface area contributed by atoms with Crippen LogP contribution in [0.5, 0.6) is 5.75 Å². The molecular formula is C12H12F3NO4. The van der Waals surface area contributed by atoms with Gasteiger partial charge in [0.05, 0.1) is 6.42 Å². The summed E-state index contributed by atoms with van der Waals surface area (Å²) in [6.45, 7) is -2.70. The average Bonchev–Trinajstić information content (AvgIpc) is 2.28. The number of hydrogen-bond donors (Lipinski definition) is 2. The first-order valence-electron chi connectivity index (χ1n) is 5.52. The third kappa shape index (κ3) is 5.17. The molecule has 110 valence electrons. The summed E-state index contributed by atoms with van der Waals surface area (Å²) in [6, 6.07) is 5.66. The fraction of sp³-hybridized carbons (Fsp3) is 0.333. The summed E-state index contributed by atoms with van der Waals surface area (Å²) in [7, 11) is 0. The van der Waals surface area contributed by atoms with Crippen molar-refractivity contribution in [1.29, 1.82) is 0 Å². The number of para-hydroxylation sites is 1. The van der Waals surface area contributed by atoms with Crippen molar-refractivity contribution in [2.45, 2.75) is 12.6 Å². The van der Waals surface area contributed by atoms with Gasteiger partial charge in [-0.05, 0) is 6.07 Å². The quantitative estimate of drug-likeness (QED) is 0.860. The number of carboxylic acid groups (broad SMARTS) is 1. The van der Waals surface area contributed by atoms with Gasteiger partial charge in [-0.2, -0.15) is 13.2 Å². The number of alkyl halides is 3. The van der Waals surface area contributed by atoms with E-state index >= 15 is 0 Å². The normalized spacial score (nSPS) is 11.2. The molecule has 0 spiro atoms. The average molecular weight is 291 g/mol. The zero-order valence-corrected chi connectivity index (χ0v) is 10.2. The number of halogens is 3. The number of nitrogens with zero attached hydrogens (tertiary/aromatic N) is 1. The first kappa shape index (κ1) is 15.8. The number of carbonyl (C=O) groups excluding carboxylic acids is 1. The van der Waals surface area contributed by atoms with Crippen molar-refractivity contribution in [1.82, 2.24) is 4.90 Å². The molecule has 0 radical (unpaired) electrons. The predicted octanol–water partition coefficient (Wildman–Crippen LogP) is 1.41. The van der Waals surface area contributed by atoms with Crippen LogP contribution in [-0.4, -0.2) is 46.3 Å². The van der Waals surface area contributed by atoms with E-state index in [0.717, 1.165) is 0 Å². The molecule has 0 atom stereocenters. The van der Waals surface area contributed by atoms with Gasteiger partial charge in [0.2, 0.25) is 5.91 Å². The van der Waals surface area contributed by atoms with Crippen molar-refractivity contribution >= 4 is 11.9 Å². The molecule has 0 aliphatic carbocycles. The third-order valence-corrected chi connectivity index (χ3v) is 2.38. The molecule has 1 aromatic carbocycles. The van der Waals surface area contributed by atoms with E-state index in [9.17, 15) is 27.9 Å². The zero-order valence-electron chi connectivity index (χ0n) is 10.2. The number of carbonyl (C=O) groups is 2. The summed E-state index contributed by atoms with van der Waals surface area (Å²) in [4.78, 5) is 22.4. The van der Waals surface area contributed by atoms with E-state index in [1.165, 1.54) is 24.3 Å². The van der Waals surface area contributed by atoms with Crippen molar-refractivity contribution in [3.63, 3.8) is 0 Å². The van der Waals surface area contributed by atoms with Crippen LogP contribution in [0.25, 0.3) is 0 Å². The molecule has 1 aromatic rings. The molecule has 5 nitrogen and oxygen atoms in total. The molecule has 1 rings (SSSR count). The number of aromatic hydroxyl groups is 1. The summed E-state index contributed by atoms with van der Waals surface area (Å²) in [6.07, 6.45) is -5.19. The van der Waals surface area contributed by atoms with Crippen molar-refractivity contribution in [3.8, 4) is 5.75 Å². The number of carboxylic acids is 1. The van der Waals surface area contributed by atoms with Crippen LogP contribution in [0.3, 0.4) is 0 Å². The van der Waals surface area contributed by atoms with E-state index in [4.69, 9.17) is 5.11 Å². The number of aliphatic carboxylic acids is 1. The Kier molecular flexibility index (Phi) is 4.95. The van der Waals surface area contributed by atoms with Crippen molar-refractivity contribution in [2.24, 2.45) is 0 Å². The fourth-order valence-electron chi connectivity index (χ4n) is 1.55. The van der Waals surface area contributed by atoms with Gasteiger partial charge in [-0.15, -0.1) is 0 Å². The minimum atomic E-state index is -4.69. The maximum atomic E-state index is 12.3. The van der Waals surface area contributed by atoms with Gasteiger partial charge in [0.25, 0.3) is 0 Å². The Balaban J connectivity index is 2.83. The van der Waals surface area contributed by atoms with E-state index in [0.29, 0.717) is 0 Å². The predicted molar refractivity (Wildman–Crippen MR) is 62.1 cm³/mol. The second-order valence-electron chi connectivity index (χ2n) is 4.06. The number of phenols is 1. The number of phenolic OH excluding ortho intramolecular Hbond substituents is 1. The lowest BCUT2D eigenvalue weighted by Gasteiger charge is -2.22. The number of benzene rings is 1. The highest BCUT2D eigenvalue weighted by Gasteiger charge is 2.34. The van der Waals surface area contributed by atoms with Crippen LogP contribution in [0.1, 0.15) is 5.56 Å². The third-order valence-electron chi connectivity index (χ3n) is 2.38. The van der Waals surface area contributed by atoms with Crippen LogP contribution in [0.2, 0.25) is 0 Å². The van der Waals surface area contributed by atoms with Gasteiger partial charge in [-0.25, -0.2) is 0 Å². The summed E-state index contributed by atoms with van der Waals surface area (Å²) in [5, 5.41) is 18.0. The second kappa shape index (κ2) is 6.27. The molecule has 0 aliphatic rings. The Labute approximate surface area is 112 Å². The van der Waals surface area contributed by atoms with E-state index in [1.807, 2.05) is 0 Å². The summed E-state index contributed by atoms with van der Waals surface area (Å²) < 4.78 is 36.9. The Morgan fingerprint density at radius 3 is 2.30 bits per heavy atom. The van der Waals surface area contributed by atoms with E-state index in [2.05, 4.69) is 0 Å². The SMILES string of the molecule is O=C(O)CN(CC(F)(F)F)C(=O)Cc1ccccc1O. The molecule has 0 aromatic heterocycles. The minimum absolute atomic E-state index is 0.134. The van der Waals surface area contributed by atoms with Crippen LogP contribution in [0.15, 0.2) is 24.3 Å². The molecule has 20 heavy (non-hydrogen) atoms. The Morgan fingerprint density at radius 1 is 1.20 bits per heavy atom. The molecule has 2 N–H and O–H groups in total. The van der Waals surface area contributed by atoms with Gasteiger partial charge in [0, 0.05) is 5.56 Å². The van der Waals surface area contributed by atoms with Gasteiger partial charge in [0.1, 0.15) is 18.8 Å². The molecule has 0 saturated heterocycles. The highest BCUT2D eigenvalue weighted by Crippen LogP contribution is 2.20. The smallest absolute Gasteiger partial charge is 0.406 e. The van der Waals surface area contributed by atoms with Gasteiger partial charge < -0.3 is 15.1 Å². The molecule has 0 fully saturated rings. The standard InChI is InChI=1S/C12H12F3NO4/c13-12(14,15)7-16(6-11(19)20)10(18)5-8-3-1-2-4-9(8)17/h1-4,17H,5-7H2,(H,19,20). The number of hydrogen-bond acceptors (Lipinski definition) is 3. The van der Waals surface area contributed by atoms with Crippen LogP contribution in [0.4, 0.5) is 13.2 Å². The Bertz CT molecular complexity index is 502. The van der Waals surface area contributed by atoms with E-state index in [-0.39, 0.29) is 16.2 Å². The first-order valence-corrected chi connectivity index (χ1v) is 5.52. The Morgan fingerprint density at radius 2 is 1.80 bits per heavy atom. The largest absolute Gasteiger partial charge is 0.508 e. The summed E-state index contributed by atoms with van der Waals surface area (Å²) in [5.41, 5.74) is 0.134. The van der Waals surface area contributed by atoms with E-state index < -0.39 is 37.6 Å². The first-order chi connectivity index (χ1) is 9.19. The van der Waals surface area contributed by atoms with Gasteiger partial charge in [-0.1, -0.05) is 18.2 Å². The monoisotopic (exact) mass is 291 g/mol. The van der Waals surface area contributed by atoms with Crippen LogP contribution >= 0.6 is 0 Å². The molecular weight excluding hydrogens is 279 g/mol. The maximum absolute atomic E-state index is 12.3. The molecule has 0 unspecified atom stereocenters. The lowest BCUT2D eigenvalue weighted by molar-refractivity contribution is -0.165. The van der Waals surface area contributed by atoms with E-state index in [1.54, 1.807) is 0 Å². The molecule has 0 saturated carbocycles. The van der Waals surface area contributed by atoms with Crippen LogP contribution < -0.4 is 0 Å². The van der Waals surface area contributed by atoms with Gasteiger partial charge in [-0.3, -0.25) is 9.59 Å². The van der Waals surface area contributed by atoms with Gasteiger partial charge in [0.15, 0.2) is 0 Å². The van der Waals surface area contributed by atoms with Crippen LogP contribution in [-0.2, 0) is 16.0 Å². The highest BCUT2D eigenvalue weighted by atomic mass is 19.4. The fourth-order valence-corrected chi connectivity index (χ4v) is 1.55. The molecule has 8 heteroatoms. The second-order valence-corrected chi connectivity index (χ2v) is 4.06. The summed E-state index contributed by atoms with van der Waals surface area (Å²) >= 11 is 0. The minimum Gasteiger partial charge on any atom is -0.508 e. The molecule has 1 amide bonds. The zero-order chi connectivity index (χ0) is 15.3. The number of rotatable bonds is 5. The lowest BCUT2D eigenvalue weighted by Crippen LogP contribution is -2.42. The van der Waals surface area contributed by atoms with Crippen molar-refractivity contribution in [3.05, 3.63) is 29.8 Å². The maximum Gasteiger partial charge on any atom is 0.406 e. The van der Waals surface area contributed by atoms with Gasteiger partial charge >= 0.3 is 12.1 Å². The Hall–Kier alpha value is -2.25. The summed E-state index contributed by atoms with van der Waals surface area (Å²) in [5.74, 6) is -2.80. The van der Waals surface area contributed by atoms with Crippen LogP contribution in [0, 0.1) is 0 Å². The van der Waals surface area contributed by atoms with Crippen molar-refractivity contribution < 1.29 is 33.0 Å². The molecule has 0 aliphatic heterocycles. The topological polar surface area (TPSA) is 77.8 Å². The molecule has 0 heterocycles. The lowest BCUT2D eigenvalue weighted by atomic mass is 10.1. The number of amides is 1.